The summed E-state index contributed by atoms with van der Waals surface area (Å²) in [6.07, 6.45) is 3.96. The average molecular weight is 106 g/mol. The van der Waals surface area contributed by atoms with E-state index < -0.39 is 0 Å². The van der Waals surface area contributed by atoms with E-state index in [0.717, 1.165) is 0 Å². The summed E-state index contributed by atoms with van der Waals surface area (Å²) in [4.78, 5) is 0. The largest absolute Gasteiger partial charge is 0.0988 e. The SMILES string of the molecule is C=CC1=CC(=C)C1C. The Morgan fingerprint density at radius 3 is 2.50 bits per heavy atom. The highest BCUT2D eigenvalue weighted by Gasteiger charge is 2.16. The third-order valence-electron chi connectivity index (χ3n) is 1.64. The van der Waals surface area contributed by atoms with Crippen molar-refractivity contribution in [2.24, 2.45) is 5.92 Å². The second-order valence-electron chi connectivity index (χ2n) is 2.15. The summed E-state index contributed by atoms with van der Waals surface area (Å²) < 4.78 is 0. The molecule has 1 rings (SSSR count). The molecule has 1 atom stereocenters. The maximum atomic E-state index is 3.82. The van der Waals surface area contributed by atoms with Gasteiger partial charge in [-0.2, -0.15) is 0 Å². The maximum Gasteiger partial charge on any atom is 0.00551 e. The van der Waals surface area contributed by atoms with Crippen molar-refractivity contribution in [2.75, 3.05) is 0 Å². The summed E-state index contributed by atoms with van der Waals surface area (Å²) in [6, 6.07) is 0. The summed E-state index contributed by atoms with van der Waals surface area (Å²) in [7, 11) is 0. The van der Waals surface area contributed by atoms with Crippen LogP contribution in [0.4, 0.5) is 0 Å². The maximum absolute atomic E-state index is 3.82. The summed E-state index contributed by atoms with van der Waals surface area (Å²) in [5.41, 5.74) is 2.54. The van der Waals surface area contributed by atoms with Gasteiger partial charge < -0.3 is 0 Å². The predicted molar refractivity (Wildman–Crippen MR) is 36.6 cm³/mol. The lowest BCUT2D eigenvalue weighted by atomic mass is 9.82. The van der Waals surface area contributed by atoms with Gasteiger partial charge in [0, 0.05) is 5.92 Å². The molecule has 0 saturated heterocycles. The second kappa shape index (κ2) is 1.62. The van der Waals surface area contributed by atoms with Crippen LogP contribution in [-0.2, 0) is 0 Å². The zero-order valence-corrected chi connectivity index (χ0v) is 5.15. The minimum absolute atomic E-state index is 0.562. The van der Waals surface area contributed by atoms with Crippen LogP contribution in [0.1, 0.15) is 6.92 Å². The molecule has 0 bridgehead atoms. The van der Waals surface area contributed by atoms with Crippen LogP contribution in [0.2, 0.25) is 0 Å². The van der Waals surface area contributed by atoms with E-state index in [-0.39, 0.29) is 0 Å². The molecule has 1 aliphatic rings. The van der Waals surface area contributed by atoms with Crippen molar-refractivity contribution < 1.29 is 0 Å². The van der Waals surface area contributed by atoms with Gasteiger partial charge in [-0.25, -0.2) is 0 Å². The molecular formula is C8H10. The van der Waals surface area contributed by atoms with Gasteiger partial charge >= 0.3 is 0 Å². The molecular weight excluding hydrogens is 96.1 g/mol. The van der Waals surface area contributed by atoms with E-state index in [2.05, 4.69) is 26.2 Å². The third kappa shape index (κ3) is 0.532. The van der Waals surface area contributed by atoms with Crippen LogP contribution in [0.15, 0.2) is 36.5 Å². The second-order valence-corrected chi connectivity index (χ2v) is 2.15. The van der Waals surface area contributed by atoms with E-state index in [9.17, 15) is 0 Å². The molecule has 0 radical (unpaired) electrons. The molecule has 0 aromatic rings. The molecule has 1 aliphatic carbocycles. The molecule has 0 aliphatic heterocycles. The molecule has 0 heterocycles. The standard InChI is InChI=1S/C8H10/c1-4-8-5-6(2)7(8)3/h4-5,7H,1-2H2,3H3. The van der Waals surface area contributed by atoms with Crippen molar-refractivity contribution in [1.29, 1.82) is 0 Å². The van der Waals surface area contributed by atoms with E-state index in [1.165, 1.54) is 11.1 Å². The Bertz CT molecular complexity index is 161. The minimum Gasteiger partial charge on any atom is -0.0988 e. The van der Waals surface area contributed by atoms with Crippen molar-refractivity contribution in [3.05, 3.63) is 36.5 Å². The van der Waals surface area contributed by atoms with Crippen molar-refractivity contribution in [3.8, 4) is 0 Å². The van der Waals surface area contributed by atoms with Crippen molar-refractivity contribution in [3.63, 3.8) is 0 Å². The molecule has 0 nitrogen and oxygen atoms in total. The van der Waals surface area contributed by atoms with Crippen LogP contribution in [0.3, 0.4) is 0 Å². The number of hydrogen-bond donors (Lipinski definition) is 0. The highest BCUT2D eigenvalue weighted by Crippen LogP contribution is 2.30. The van der Waals surface area contributed by atoms with Crippen LogP contribution in [-0.4, -0.2) is 0 Å². The summed E-state index contributed by atoms with van der Waals surface area (Å²) in [5.74, 6) is 0.562. The number of hydrogen-bond acceptors (Lipinski definition) is 0. The minimum atomic E-state index is 0.562. The van der Waals surface area contributed by atoms with E-state index in [4.69, 9.17) is 0 Å². The normalized spacial score (nSPS) is 26.4. The Balaban J connectivity index is 2.76. The van der Waals surface area contributed by atoms with Gasteiger partial charge in [0.15, 0.2) is 0 Å². The molecule has 8 heavy (non-hydrogen) atoms. The van der Waals surface area contributed by atoms with Crippen LogP contribution < -0.4 is 0 Å². The Kier molecular flexibility index (Phi) is 1.09. The molecule has 0 aromatic heterocycles. The molecule has 0 saturated carbocycles. The van der Waals surface area contributed by atoms with E-state index in [0.29, 0.717) is 5.92 Å². The van der Waals surface area contributed by atoms with Gasteiger partial charge in [-0.05, 0) is 11.1 Å². The Hall–Kier alpha value is -0.780. The first-order valence-electron chi connectivity index (χ1n) is 2.78. The molecule has 0 fully saturated rings. The van der Waals surface area contributed by atoms with Gasteiger partial charge in [0.2, 0.25) is 0 Å². The molecule has 0 spiro atoms. The van der Waals surface area contributed by atoms with Crippen molar-refractivity contribution in [1.82, 2.24) is 0 Å². The fourth-order valence-electron chi connectivity index (χ4n) is 0.818. The quantitative estimate of drug-likeness (QED) is 0.481. The van der Waals surface area contributed by atoms with Crippen molar-refractivity contribution >= 4 is 0 Å². The highest BCUT2D eigenvalue weighted by molar-refractivity contribution is 5.45. The Morgan fingerprint density at radius 2 is 2.38 bits per heavy atom. The van der Waals surface area contributed by atoms with Gasteiger partial charge in [0.25, 0.3) is 0 Å². The predicted octanol–water partition coefficient (Wildman–Crippen LogP) is 2.30. The van der Waals surface area contributed by atoms with Gasteiger partial charge in [0.05, 0.1) is 0 Å². The topological polar surface area (TPSA) is 0 Å². The lowest BCUT2D eigenvalue weighted by Gasteiger charge is -2.22. The highest BCUT2D eigenvalue weighted by atomic mass is 14.2. The van der Waals surface area contributed by atoms with Crippen molar-refractivity contribution in [2.45, 2.75) is 6.92 Å². The first kappa shape index (κ1) is 5.36. The summed E-state index contributed by atoms with van der Waals surface area (Å²) in [6.45, 7) is 9.61. The molecule has 0 N–H and O–H groups in total. The molecule has 0 heteroatoms. The molecule has 1 unspecified atom stereocenters. The Morgan fingerprint density at radius 1 is 1.75 bits per heavy atom. The van der Waals surface area contributed by atoms with Gasteiger partial charge in [-0.15, -0.1) is 0 Å². The fraction of sp³-hybridized carbons (Fsp3) is 0.250. The van der Waals surface area contributed by atoms with E-state index in [1.807, 2.05) is 6.08 Å². The molecule has 0 amide bonds. The molecule has 0 aromatic carbocycles. The zero-order chi connectivity index (χ0) is 6.15. The van der Waals surface area contributed by atoms with Gasteiger partial charge in [-0.3, -0.25) is 0 Å². The third-order valence-corrected chi connectivity index (χ3v) is 1.64. The fourth-order valence-corrected chi connectivity index (χ4v) is 0.818. The first-order valence-corrected chi connectivity index (χ1v) is 2.78. The average Bonchev–Trinajstić information content (AvgIpc) is 1.81. The van der Waals surface area contributed by atoms with E-state index >= 15 is 0 Å². The van der Waals surface area contributed by atoms with Crippen LogP contribution in [0.25, 0.3) is 0 Å². The summed E-state index contributed by atoms with van der Waals surface area (Å²) >= 11 is 0. The van der Waals surface area contributed by atoms with Crippen LogP contribution in [0.5, 0.6) is 0 Å². The number of rotatable bonds is 1. The first-order chi connectivity index (χ1) is 3.75. The van der Waals surface area contributed by atoms with Crippen LogP contribution in [0, 0.1) is 5.92 Å². The summed E-state index contributed by atoms with van der Waals surface area (Å²) in [5, 5.41) is 0. The van der Waals surface area contributed by atoms with E-state index in [1.54, 1.807) is 0 Å². The molecule has 42 valence electrons. The van der Waals surface area contributed by atoms with Gasteiger partial charge in [0.1, 0.15) is 0 Å². The smallest absolute Gasteiger partial charge is 0.00551 e. The van der Waals surface area contributed by atoms with Crippen LogP contribution >= 0.6 is 0 Å². The number of allylic oxidation sites excluding steroid dienone is 4. The Labute approximate surface area is 50.2 Å². The lowest BCUT2D eigenvalue weighted by molar-refractivity contribution is 0.794. The van der Waals surface area contributed by atoms with Gasteiger partial charge in [-0.1, -0.05) is 32.2 Å². The zero-order valence-electron chi connectivity index (χ0n) is 5.15. The lowest BCUT2D eigenvalue weighted by Crippen LogP contribution is -2.08. The monoisotopic (exact) mass is 106 g/mol.